The van der Waals surface area contributed by atoms with Crippen molar-refractivity contribution in [3.63, 3.8) is 0 Å². The minimum atomic E-state index is 0.204. The first-order valence-electron chi connectivity index (χ1n) is 9.26. The van der Waals surface area contributed by atoms with E-state index in [4.69, 9.17) is 0 Å². The Kier molecular flexibility index (Phi) is 11.0. The molecule has 0 radical (unpaired) electrons. The molecule has 1 unspecified atom stereocenters. The average Bonchev–Trinajstić information content (AvgIpc) is 2.91. The second-order valence-corrected chi connectivity index (χ2v) is 6.39. The van der Waals surface area contributed by atoms with Crippen LogP contribution in [0.25, 0.3) is 0 Å². The van der Waals surface area contributed by atoms with Crippen LogP contribution in [0.1, 0.15) is 78.1 Å². The van der Waals surface area contributed by atoms with Gasteiger partial charge in [0.25, 0.3) is 0 Å². The molecular formula is C18H35N3O. The van der Waals surface area contributed by atoms with Gasteiger partial charge in [0.2, 0.25) is 5.91 Å². The van der Waals surface area contributed by atoms with E-state index >= 15 is 0 Å². The highest BCUT2D eigenvalue weighted by Crippen LogP contribution is 2.10. The van der Waals surface area contributed by atoms with E-state index in [9.17, 15) is 4.79 Å². The number of carbonyl (C=O) groups excluding carboxylic acids is 1. The Labute approximate surface area is 136 Å². The SMILES string of the molecule is CCCCCCCCCCCC(=O)NCCN1CC=NC1C. The summed E-state index contributed by atoms with van der Waals surface area (Å²) in [6.45, 7) is 6.89. The molecule has 1 N–H and O–H groups in total. The van der Waals surface area contributed by atoms with Crippen molar-refractivity contribution in [2.24, 2.45) is 4.99 Å². The molecule has 22 heavy (non-hydrogen) atoms. The van der Waals surface area contributed by atoms with Gasteiger partial charge in [-0.1, -0.05) is 58.3 Å². The summed E-state index contributed by atoms with van der Waals surface area (Å²) in [5.41, 5.74) is 0. The van der Waals surface area contributed by atoms with Crippen molar-refractivity contribution in [2.45, 2.75) is 84.2 Å². The van der Waals surface area contributed by atoms with Gasteiger partial charge in [0, 0.05) is 32.3 Å². The van der Waals surface area contributed by atoms with Gasteiger partial charge in [-0.2, -0.15) is 0 Å². The second-order valence-electron chi connectivity index (χ2n) is 6.39. The van der Waals surface area contributed by atoms with Crippen LogP contribution in [0.15, 0.2) is 4.99 Å². The van der Waals surface area contributed by atoms with Crippen molar-refractivity contribution in [1.82, 2.24) is 10.2 Å². The first-order valence-corrected chi connectivity index (χ1v) is 9.26. The maximum Gasteiger partial charge on any atom is 0.220 e. The summed E-state index contributed by atoms with van der Waals surface area (Å²) in [6, 6.07) is 0. The highest BCUT2D eigenvalue weighted by Gasteiger charge is 2.15. The third kappa shape index (κ3) is 9.19. The normalized spacial score (nSPS) is 18.0. The average molecular weight is 309 g/mol. The number of hydrogen-bond acceptors (Lipinski definition) is 3. The van der Waals surface area contributed by atoms with E-state index in [1.54, 1.807) is 0 Å². The molecular weight excluding hydrogens is 274 g/mol. The number of amides is 1. The molecule has 1 heterocycles. The molecule has 0 bridgehead atoms. The fourth-order valence-electron chi connectivity index (χ4n) is 2.85. The predicted octanol–water partition coefficient (Wildman–Crippen LogP) is 3.76. The van der Waals surface area contributed by atoms with Crippen LogP contribution in [0, 0.1) is 0 Å². The number of aliphatic imine (C=N–C) groups is 1. The van der Waals surface area contributed by atoms with E-state index in [0.29, 0.717) is 6.42 Å². The summed E-state index contributed by atoms with van der Waals surface area (Å²) in [7, 11) is 0. The molecule has 4 nitrogen and oxygen atoms in total. The summed E-state index contributed by atoms with van der Waals surface area (Å²) in [5.74, 6) is 0.204. The van der Waals surface area contributed by atoms with Crippen molar-refractivity contribution in [3.05, 3.63) is 0 Å². The van der Waals surface area contributed by atoms with Crippen LogP contribution in [-0.4, -0.2) is 42.8 Å². The number of unbranched alkanes of at least 4 members (excludes halogenated alkanes) is 8. The maximum absolute atomic E-state index is 11.7. The van der Waals surface area contributed by atoms with Crippen LogP contribution >= 0.6 is 0 Å². The number of hydrogen-bond donors (Lipinski definition) is 1. The van der Waals surface area contributed by atoms with E-state index in [0.717, 1.165) is 26.1 Å². The number of rotatable bonds is 13. The van der Waals surface area contributed by atoms with Crippen LogP contribution in [0.3, 0.4) is 0 Å². The predicted molar refractivity (Wildman–Crippen MR) is 94.4 cm³/mol. The molecule has 0 spiro atoms. The quantitative estimate of drug-likeness (QED) is 0.527. The van der Waals surface area contributed by atoms with Crippen molar-refractivity contribution in [1.29, 1.82) is 0 Å². The number of nitrogens with one attached hydrogen (secondary N) is 1. The van der Waals surface area contributed by atoms with Gasteiger partial charge in [0.05, 0.1) is 6.17 Å². The van der Waals surface area contributed by atoms with Gasteiger partial charge < -0.3 is 5.32 Å². The van der Waals surface area contributed by atoms with Gasteiger partial charge >= 0.3 is 0 Å². The van der Waals surface area contributed by atoms with Gasteiger partial charge in [0.1, 0.15) is 0 Å². The molecule has 1 atom stereocenters. The van der Waals surface area contributed by atoms with Crippen LogP contribution in [0.2, 0.25) is 0 Å². The first-order chi connectivity index (χ1) is 10.7. The Bertz CT molecular complexity index is 317. The van der Waals surface area contributed by atoms with Crippen molar-refractivity contribution < 1.29 is 4.79 Å². The molecule has 0 aromatic heterocycles. The van der Waals surface area contributed by atoms with E-state index in [1.807, 2.05) is 6.21 Å². The monoisotopic (exact) mass is 309 g/mol. The largest absolute Gasteiger partial charge is 0.355 e. The summed E-state index contributed by atoms with van der Waals surface area (Å²) >= 11 is 0. The Morgan fingerprint density at radius 1 is 1.14 bits per heavy atom. The topological polar surface area (TPSA) is 44.7 Å². The van der Waals surface area contributed by atoms with Gasteiger partial charge in [-0.15, -0.1) is 0 Å². The lowest BCUT2D eigenvalue weighted by molar-refractivity contribution is -0.121. The third-order valence-electron chi connectivity index (χ3n) is 4.39. The summed E-state index contributed by atoms with van der Waals surface area (Å²) in [6.07, 6.45) is 14.6. The van der Waals surface area contributed by atoms with Crippen molar-refractivity contribution >= 4 is 12.1 Å². The van der Waals surface area contributed by atoms with E-state index in [-0.39, 0.29) is 12.1 Å². The standard InChI is InChI=1S/C18H35N3O/c1-3-4-5-6-7-8-9-10-11-12-18(22)20-14-16-21-15-13-19-17(21)2/h13,17H,3-12,14-16H2,1-2H3,(H,20,22). The molecule has 0 saturated carbocycles. The number of nitrogens with zero attached hydrogens (tertiary/aromatic N) is 2. The van der Waals surface area contributed by atoms with E-state index in [2.05, 4.69) is 29.1 Å². The van der Waals surface area contributed by atoms with E-state index < -0.39 is 0 Å². The van der Waals surface area contributed by atoms with Crippen molar-refractivity contribution in [2.75, 3.05) is 19.6 Å². The zero-order chi connectivity index (χ0) is 16.0. The highest BCUT2D eigenvalue weighted by molar-refractivity contribution is 5.75. The highest BCUT2D eigenvalue weighted by atomic mass is 16.1. The fraction of sp³-hybridized carbons (Fsp3) is 0.889. The molecule has 0 aromatic rings. The molecule has 0 aromatic carbocycles. The maximum atomic E-state index is 11.7. The Morgan fingerprint density at radius 2 is 1.77 bits per heavy atom. The van der Waals surface area contributed by atoms with Crippen molar-refractivity contribution in [3.8, 4) is 0 Å². The summed E-state index contributed by atoms with van der Waals surface area (Å²) < 4.78 is 0. The van der Waals surface area contributed by atoms with Gasteiger partial charge in [-0.25, -0.2) is 0 Å². The first kappa shape index (κ1) is 19.1. The van der Waals surface area contributed by atoms with Crippen LogP contribution in [0.4, 0.5) is 0 Å². The molecule has 0 fully saturated rings. The fourth-order valence-corrected chi connectivity index (χ4v) is 2.85. The smallest absolute Gasteiger partial charge is 0.220 e. The van der Waals surface area contributed by atoms with Gasteiger partial charge in [-0.05, 0) is 13.3 Å². The zero-order valence-corrected chi connectivity index (χ0v) is 14.6. The Hall–Kier alpha value is -0.900. The minimum absolute atomic E-state index is 0.204. The van der Waals surface area contributed by atoms with Crippen LogP contribution in [0.5, 0.6) is 0 Å². The minimum Gasteiger partial charge on any atom is -0.355 e. The summed E-state index contributed by atoms with van der Waals surface area (Å²) in [5, 5.41) is 3.02. The summed E-state index contributed by atoms with van der Waals surface area (Å²) in [4.78, 5) is 18.3. The lowest BCUT2D eigenvalue weighted by Crippen LogP contribution is -2.37. The second kappa shape index (κ2) is 12.6. The molecule has 0 aliphatic carbocycles. The van der Waals surface area contributed by atoms with Gasteiger partial charge in [0.15, 0.2) is 0 Å². The van der Waals surface area contributed by atoms with Crippen LogP contribution < -0.4 is 5.32 Å². The molecule has 1 amide bonds. The Balaban J connectivity index is 1.83. The zero-order valence-electron chi connectivity index (χ0n) is 14.6. The molecule has 1 rings (SSSR count). The lowest BCUT2D eigenvalue weighted by Gasteiger charge is -2.19. The third-order valence-corrected chi connectivity index (χ3v) is 4.39. The molecule has 128 valence electrons. The lowest BCUT2D eigenvalue weighted by atomic mass is 10.1. The van der Waals surface area contributed by atoms with Crippen LogP contribution in [-0.2, 0) is 4.79 Å². The van der Waals surface area contributed by atoms with E-state index in [1.165, 1.54) is 51.4 Å². The van der Waals surface area contributed by atoms with Gasteiger partial charge in [-0.3, -0.25) is 14.7 Å². The molecule has 1 aliphatic rings. The number of carbonyl (C=O) groups is 1. The Morgan fingerprint density at radius 3 is 2.36 bits per heavy atom. The molecule has 1 aliphatic heterocycles. The molecule has 4 heteroatoms. The molecule has 0 saturated heterocycles.